The summed E-state index contributed by atoms with van der Waals surface area (Å²) in [6, 6.07) is 23.5. The van der Waals surface area contributed by atoms with Crippen LogP contribution in [-0.2, 0) is 11.3 Å². The summed E-state index contributed by atoms with van der Waals surface area (Å²) in [5, 5.41) is 0.630. The van der Waals surface area contributed by atoms with Crippen molar-refractivity contribution in [3.8, 4) is 0 Å². The second-order valence-electron chi connectivity index (χ2n) is 8.77. The van der Waals surface area contributed by atoms with E-state index in [0.29, 0.717) is 28.6 Å². The number of piperazine rings is 1. The molecule has 0 radical (unpaired) electrons. The number of nitrogens with zero attached hydrogens (tertiary/aromatic N) is 3. The lowest BCUT2D eigenvalue weighted by Crippen LogP contribution is -2.48. The Morgan fingerprint density at radius 1 is 0.971 bits per heavy atom. The first-order valence-electron chi connectivity index (χ1n) is 11.6. The van der Waals surface area contributed by atoms with E-state index in [-0.39, 0.29) is 11.8 Å². The van der Waals surface area contributed by atoms with E-state index in [9.17, 15) is 9.59 Å². The van der Waals surface area contributed by atoms with E-state index in [1.165, 1.54) is 17.3 Å². The van der Waals surface area contributed by atoms with Crippen molar-refractivity contribution in [2.45, 2.75) is 11.4 Å². The predicted octanol–water partition coefficient (Wildman–Crippen LogP) is 5.41. The molecule has 0 bridgehead atoms. The molecule has 0 spiro atoms. The highest BCUT2D eigenvalue weighted by atomic mass is 35.5. The molecule has 2 heterocycles. The van der Waals surface area contributed by atoms with Crippen LogP contribution in [0, 0.1) is 0 Å². The van der Waals surface area contributed by atoms with Crippen LogP contribution in [0.15, 0.2) is 82.6 Å². The first-order valence-corrected chi connectivity index (χ1v) is 12.8. The maximum Gasteiger partial charge on any atom is 0.264 e. The van der Waals surface area contributed by atoms with Crippen LogP contribution < -0.4 is 4.90 Å². The zero-order chi connectivity index (χ0) is 24.4. The summed E-state index contributed by atoms with van der Waals surface area (Å²) in [7, 11) is 1.75. The lowest BCUT2D eigenvalue weighted by Gasteiger charge is -2.35. The van der Waals surface area contributed by atoms with Crippen molar-refractivity contribution in [2.24, 2.45) is 0 Å². The molecule has 0 aliphatic carbocycles. The molecule has 178 valence electrons. The molecular weight excluding hydrogens is 478 g/mol. The van der Waals surface area contributed by atoms with Gasteiger partial charge in [0.1, 0.15) is 0 Å². The smallest absolute Gasteiger partial charge is 0.264 e. The molecule has 0 atom stereocenters. The van der Waals surface area contributed by atoms with Gasteiger partial charge in [-0.25, -0.2) is 0 Å². The predicted molar refractivity (Wildman–Crippen MR) is 143 cm³/mol. The van der Waals surface area contributed by atoms with Crippen LogP contribution in [0.5, 0.6) is 0 Å². The molecule has 7 heteroatoms. The van der Waals surface area contributed by atoms with Crippen LogP contribution in [0.2, 0.25) is 5.02 Å². The van der Waals surface area contributed by atoms with E-state index in [2.05, 4.69) is 29.2 Å². The van der Waals surface area contributed by atoms with Gasteiger partial charge in [-0.05, 0) is 47.5 Å². The van der Waals surface area contributed by atoms with Crippen molar-refractivity contribution >= 4 is 46.9 Å². The van der Waals surface area contributed by atoms with Crippen LogP contribution in [0.25, 0.3) is 6.08 Å². The van der Waals surface area contributed by atoms with Gasteiger partial charge in [0.25, 0.3) is 11.8 Å². The molecule has 5 nitrogen and oxygen atoms in total. The molecule has 0 aromatic heterocycles. The number of amides is 2. The maximum atomic E-state index is 13.2. The van der Waals surface area contributed by atoms with Gasteiger partial charge in [-0.15, -0.1) is 0 Å². The number of carbonyl (C=O) groups is 2. The van der Waals surface area contributed by atoms with E-state index >= 15 is 0 Å². The van der Waals surface area contributed by atoms with E-state index in [0.717, 1.165) is 35.8 Å². The molecule has 2 aliphatic rings. The molecular formula is C28H26ClN3O2S. The Morgan fingerprint density at radius 3 is 2.49 bits per heavy atom. The molecule has 2 aliphatic heterocycles. The fourth-order valence-electron chi connectivity index (χ4n) is 4.41. The fraction of sp³-hybridized carbons (Fsp3) is 0.214. The van der Waals surface area contributed by atoms with E-state index in [1.54, 1.807) is 11.9 Å². The molecule has 5 rings (SSSR count). The monoisotopic (exact) mass is 503 g/mol. The lowest BCUT2D eigenvalue weighted by molar-refractivity contribution is -0.114. The summed E-state index contributed by atoms with van der Waals surface area (Å²) in [4.78, 5) is 33.8. The van der Waals surface area contributed by atoms with Gasteiger partial charge < -0.3 is 9.80 Å². The zero-order valence-electron chi connectivity index (χ0n) is 19.5. The summed E-state index contributed by atoms with van der Waals surface area (Å²) < 4.78 is 0. The third-order valence-electron chi connectivity index (χ3n) is 6.36. The normalized spacial score (nSPS) is 17.5. The largest absolute Gasteiger partial charge is 0.336 e. The van der Waals surface area contributed by atoms with E-state index in [1.807, 2.05) is 59.5 Å². The highest BCUT2D eigenvalue weighted by molar-refractivity contribution is 8.04. The van der Waals surface area contributed by atoms with Gasteiger partial charge in [0.05, 0.1) is 10.6 Å². The third kappa shape index (κ3) is 5.30. The van der Waals surface area contributed by atoms with Gasteiger partial charge >= 0.3 is 0 Å². The number of halogens is 1. The summed E-state index contributed by atoms with van der Waals surface area (Å²) in [5.41, 5.74) is 3.54. The standard InChI is InChI=1S/C28H26ClN3O2S/c1-30-24-18-22(27(33)32-14-12-31(13-15-32)19-20-6-3-2-4-7-20)10-11-25(24)35-26(28(30)34)17-21-8-5-9-23(29)16-21/h2-11,16-18H,12-15,19H2,1H3/b26-17-. The Kier molecular flexibility index (Phi) is 6.95. The Balaban J connectivity index is 1.28. The highest BCUT2D eigenvalue weighted by Crippen LogP contribution is 2.42. The molecule has 35 heavy (non-hydrogen) atoms. The summed E-state index contributed by atoms with van der Waals surface area (Å²) in [6.45, 7) is 3.98. The molecule has 0 N–H and O–H groups in total. The van der Waals surface area contributed by atoms with Gasteiger partial charge in [0.15, 0.2) is 0 Å². The summed E-state index contributed by atoms with van der Waals surface area (Å²) >= 11 is 7.52. The Bertz CT molecular complexity index is 1290. The zero-order valence-corrected chi connectivity index (χ0v) is 21.1. The number of anilines is 1. The van der Waals surface area contributed by atoms with Gasteiger partial charge in [-0.3, -0.25) is 14.5 Å². The highest BCUT2D eigenvalue weighted by Gasteiger charge is 2.29. The molecule has 2 amide bonds. The van der Waals surface area contributed by atoms with Gasteiger partial charge in [0, 0.05) is 55.3 Å². The second kappa shape index (κ2) is 10.3. The first-order chi connectivity index (χ1) is 17.0. The molecule has 0 saturated carbocycles. The van der Waals surface area contributed by atoms with Crippen LogP contribution in [0.1, 0.15) is 21.5 Å². The number of thioether (sulfide) groups is 1. The van der Waals surface area contributed by atoms with E-state index in [4.69, 9.17) is 11.6 Å². The first kappa shape index (κ1) is 23.7. The Labute approximate surface area is 215 Å². The van der Waals surface area contributed by atoms with Crippen LogP contribution in [0.4, 0.5) is 5.69 Å². The average Bonchev–Trinajstić information content (AvgIpc) is 2.88. The molecule has 1 fully saturated rings. The topological polar surface area (TPSA) is 43.9 Å². The van der Waals surface area contributed by atoms with Crippen molar-refractivity contribution in [3.05, 3.63) is 99.4 Å². The number of benzene rings is 3. The Morgan fingerprint density at radius 2 is 1.74 bits per heavy atom. The average molecular weight is 504 g/mol. The second-order valence-corrected chi connectivity index (χ2v) is 10.3. The summed E-state index contributed by atoms with van der Waals surface area (Å²) in [5.74, 6) is -0.0834. The minimum atomic E-state index is -0.0957. The van der Waals surface area contributed by atoms with Crippen molar-refractivity contribution in [1.29, 1.82) is 0 Å². The van der Waals surface area contributed by atoms with Gasteiger partial charge in [0.2, 0.25) is 0 Å². The number of carbonyl (C=O) groups excluding carboxylic acids is 2. The lowest BCUT2D eigenvalue weighted by atomic mass is 10.1. The van der Waals surface area contributed by atoms with Crippen LogP contribution in [-0.4, -0.2) is 54.8 Å². The van der Waals surface area contributed by atoms with Crippen molar-refractivity contribution in [2.75, 3.05) is 38.1 Å². The van der Waals surface area contributed by atoms with Gasteiger partial charge in [-0.1, -0.05) is 65.8 Å². The van der Waals surface area contributed by atoms with Crippen LogP contribution in [0.3, 0.4) is 0 Å². The molecule has 3 aromatic carbocycles. The minimum absolute atomic E-state index is 0.0123. The molecule has 1 saturated heterocycles. The molecule has 0 unspecified atom stereocenters. The number of fused-ring (bicyclic) bond motifs is 1. The number of hydrogen-bond donors (Lipinski definition) is 0. The minimum Gasteiger partial charge on any atom is -0.336 e. The van der Waals surface area contributed by atoms with Crippen molar-refractivity contribution in [3.63, 3.8) is 0 Å². The third-order valence-corrected chi connectivity index (χ3v) is 7.67. The summed E-state index contributed by atoms with van der Waals surface area (Å²) in [6.07, 6.45) is 1.85. The quantitative estimate of drug-likeness (QED) is 0.447. The number of likely N-dealkylation sites (N-methyl/N-ethyl adjacent to an activating group) is 1. The SMILES string of the molecule is CN1C(=O)/C(=C/c2cccc(Cl)c2)Sc2ccc(C(=O)N3CCN(Cc4ccccc4)CC3)cc21. The maximum absolute atomic E-state index is 13.2. The van der Waals surface area contributed by atoms with Crippen LogP contribution >= 0.6 is 23.4 Å². The fourth-order valence-corrected chi connectivity index (χ4v) is 5.70. The van der Waals surface area contributed by atoms with Gasteiger partial charge in [-0.2, -0.15) is 0 Å². The number of rotatable bonds is 4. The van der Waals surface area contributed by atoms with Crippen molar-refractivity contribution in [1.82, 2.24) is 9.80 Å². The molecule has 3 aromatic rings. The van der Waals surface area contributed by atoms with Crippen molar-refractivity contribution < 1.29 is 9.59 Å². The Hall–Kier alpha value is -3.06. The van der Waals surface area contributed by atoms with E-state index < -0.39 is 0 Å². The number of hydrogen-bond acceptors (Lipinski definition) is 4.